The molecule has 3 aromatic rings. The molecule has 0 spiro atoms. The van der Waals surface area contributed by atoms with Gasteiger partial charge in [0.2, 0.25) is 5.91 Å². The monoisotopic (exact) mass is 410 g/mol. The zero-order valence-corrected chi connectivity index (χ0v) is 18.0. The molecule has 1 N–H and O–H groups in total. The second kappa shape index (κ2) is 9.60. The molecular weight excluding hydrogens is 384 g/mol. The van der Waals surface area contributed by atoms with Crippen molar-refractivity contribution in [1.29, 1.82) is 0 Å². The van der Waals surface area contributed by atoms with Crippen LogP contribution in [0.25, 0.3) is 5.69 Å². The predicted molar refractivity (Wildman–Crippen MR) is 116 cm³/mol. The van der Waals surface area contributed by atoms with Gasteiger partial charge in [0.25, 0.3) is 0 Å². The molecule has 0 aliphatic heterocycles. The maximum absolute atomic E-state index is 12.3. The molecule has 6 nitrogen and oxygen atoms in total. The van der Waals surface area contributed by atoms with Gasteiger partial charge in [0.1, 0.15) is 11.6 Å². The molecule has 7 heteroatoms. The number of nitrogens with zero attached hydrogens (tertiary/aromatic N) is 3. The lowest BCUT2D eigenvalue weighted by molar-refractivity contribution is -0.118. The van der Waals surface area contributed by atoms with Crippen LogP contribution in [0, 0.1) is 20.8 Å². The van der Waals surface area contributed by atoms with E-state index in [1.165, 1.54) is 17.3 Å². The summed E-state index contributed by atoms with van der Waals surface area (Å²) in [5.74, 6) is 1.90. The Bertz CT molecular complexity index is 1000. The van der Waals surface area contributed by atoms with Crippen molar-refractivity contribution < 1.29 is 9.53 Å². The number of benzene rings is 2. The summed E-state index contributed by atoms with van der Waals surface area (Å²) in [6, 6.07) is 14.1. The van der Waals surface area contributed by atoms with E-state index in [9.17, 15) is 4.79 Å². The Balaban J connectivity index is 1.59. The minimum atomic E-state index is -0.0296. The number of aryl methyl sites for hydroxylation is 3. The number of ether oxygens (including phenoxy) is 1. The summed E-state index contributed by atoms with van der Waals surface area (Å²) >= 11 is 1.39. The fourth-order valence-electron chi connectivity index (χ4n) is 3.10. The minimum Gasteiger partial charge on any atom is -0.496 e. The maximum Gasteiger partial charge on any atom is 0.230 e. The Labute approximate surface area is 175 Å². The fourth-order valence-corrected chi connectivity index (χ4v) is 3.92. The van der Waals surface area contributed by atoms with Crippen LogP contribution in [0.2, 0.25) is 0 Å². The van der Waals surface area contributed by atoms with E-state index in [4.69, 9.17) is 4.74 Å². The third-order valence-corrected chi connectivity index (χ3v) is 5.57. The fraction of sp³-hybridized carbons (Fsp3) is 0.318. The van der Waals surface area contributed by atoms with Gasteiger partial charge in [-0.25, -0.2) is 0 Å². The first-order chi connectivity index (χ1) is 14.0. The van der Waals surface area contributed by atoms with Gasteiger partial charge in [0, 0.05) is 6.54 Å². The number of methoxy groups -OCH3 is 1. The van der Waals surface area contributed by atoms with E-state index in [0.29, 0.717) is 6.54 Å². The molecule has 0 radical (unpaired) electrons. The predicted octanol–water partition coefficient (Wildman–Crippen LogP) is 3.65. The van der Waals surface area contributed by atoms with Gasteiger partial charge in [-0.15, -0.1) is 10.2 Å². The molecule has 3 rings (SSSR count). The number of carbonyl (C=O) groups is 1. The van der Waals surface area contributed by atoms with Crippen LogP contribution < -0.4 is 10.1 Å². The Morgan fingerprint density at radius 1 is 1.14 bits per heavy atom. The molecule has 1 amide bonds. The lowest BCUT2D eigenvalue weighted by atomic mass is 10.1. The van der Waals surface area contributed by atoms with Crippen molar-refractivity contribution in [3.8, 4) is 11.4 Å². The zero-order chi connectivity index (χ0) is 20.8. The van der Waals surface area contributed by atoms with E-state index < -0.39 is 0 Å². The summed E-state index contributed by atoms with van der Waals surface area (Å²) in [6.07, 6.45) is 0.720. The molecule has 0 fully saturated rings. The van der Waals surface area contributed by atoms with Crippen LogP contribution in [0.1, 0.15) is 22.5 Å². The van der Waals surface area contributed by atoms with Crippen LogP contribution in [0.4, 0.5) is 0 Å². The van der Waals surface area contributed by atoms with Gasteiger partial charge in [0.05, 0.1) is 18.6 Å². The molecule has 0 unspecified atom stereocenters. The topological polar surface area (TPSA) is 69.0 Å². The SMILES string of the molecule is COc1ccccc1CCNC(=O)CSc1nnc(C)n1-c1cc(C)ccc1C. The Hall–Kier alpha value is -2.80. The summed E-state index contributed by atoms with van der Waals surface area (Å²) in [7, 11) is 1.65. The highest BCUT2D eigenvalue weighted by Crippen LogP contribution is 2.24. The number of carbonyl (C=O) groups excluding carboxylic acids is 1. The molecule has 152 valence electrons. The Morgan fingerprint density at radius 3 is 2.72 bits per heavy atom. The summed E-state index contributed by atoms with van der Waals surface area (Å²) < 4.78 is 7.36. The number of hydrogen-bond donors (Lipinski definition) is 1. The van der Waals surface area contributed by atoms with Crippen LogP contribution in [0.15, 0.2) is 47.6 Å². The normalized spacial score (nSPS) is 10.8. The largest absolute Gasteiger partial charge is 0.496 e. The highest BCUT2D eigenvalue weighted by molar-refractivity contribution is 7.99. The number of aromatic nitrogens is 3. The number of thioether (sulfide) groups is 1. The molecular formula is C22H26N4O2S. The first-order valence-corrected chi connectivity index (χ1v) is 10.5. The maximum atomic E-state index is 12.3. The second-order valence-corrected chi connectivity index (χ2v) is 7.80. The smallest absolute Gasteiger partial charge is 0.230 e. The number of para-hydroxylation sites is 1. The molecule has 0 aliphatic rings. The summed E-state index contributed by atoms with van der Waals surface area (Å²) in [4.78, 5) is 12.3. The van der Waals surface area contributed by atoms with Crippen molar-refractivity contribution in [1.82, 2.24) is 20.1 Å². The first kappa shape index (κ1) is 20.9. The van der Waals surface area contributed by atoms with E-state index in [0.717, 1.165) is 40.0 Å². The summed E-state index contributed by atoms with van der Waals surface area (Å²) in [5.41, 5.74) is 4.44. The van der Waals surface area contributed by atoms with Gasteiger partial charge < -0.3 is 10.1 Å². The molecule has 0 bridgehead atoms. The molecule has 0 saturated carbocycles. The molecule has 0 aliphatic carbocycles. The first-order valence-electron chi connectivity index (χ1n) is 9.50. The van der Waals surface area contributed by atoms with Gasteiger partial charge >= 0.3 is 0 Å². The van der Waals surface area contributed by atoms with Crippen molar-refractivity contribution in [2.75, 3.05) is 19.4 Å². The average Bonchev–Trinajstić information content (AvgIpc) is 3.09. The standard InChI is InChI=1S/C22H26N4O2S/c1-15-9-10-16(2)19(13-15)26-17(3)24-25-22(26)29-14-21(27)23-12-11-18-7-5-6-8-20(18)28-4/h5-10,13H,11-12,14H2,1-4H3,(H,23,27). The highest BCUT2D eigenvalue weighted by Gasteiger charge is 2.15. The van der Waals surface area contributed by atoms with Crippen molar-refractivity contribution in [2.45, 2.75) is 32.3 Å². The van der Waals surface area contributed by atoms with Crippen molar-refractivity contribution >= 4 is 17.7 Å². The number of rotatable bonds is 8. The Morgan fingerprint density at radius 2 is 1.93 bits per heavy atom. The lowest BCUT2D eigenvalue weighted by Crippen LogP contribution is -2.27. The van der Waals surface area contributed by atoms with Crippen LogP contribution in [-0.2, 0) is 11.2 Å². The van der Waals surface area contributed by atoms with Crippen molar-refractivity contribution in [3.05, 3.63) is 65.0 Å². The van der Waals surface area contributed by atoms with E-state index in [-0.39, 0.29) is 11.7 Å². The van der Waals surface area contributed by atoms with E-state index in [1.54, 1.807) is 7.11 Å². The van der Waals surface area contributed by atoms with E-state index in [1.807, 2.05) is 35.8 Å². The van der Waals surface area contributed by atoms with Crippen LogP contribution in [0.3, 0.4) is 0 Å². The molecule has 0 atom stereocenters. The van der Waals surface area contributed by atoms with E-state index in [2.05, 4.69) is 47.6 Å². The van der Waals surface area contributed by atoms with Gasteiger partial charge in [-0.3, -0.25) is 9.36 Å². The lowest BCUT2D eigenvalue weighted by Gasteiger charge is -2.12. The number of nitrogens with one attached hydrogen (secondary N) is 1. The average molecular weight is 411 g/mol. The van der Waals surface area contributed by atoms with Crippen LogP contribution >= 0.6 is 11.8 Å². The second-order valence-electron chi connectivity index (χ2n) is 6.86. The number of amides is 1. The van der Waals surface area contributed by atoms with Gasteiger partial charge in [0.15, 0.2) is 5.16 Å². The zero-order valence-electron chi connectivity index (χ0n) is 17.2. The van der Waals surface area contributed by atoms with Crippen molar-refractivity contribution in [2.24, 2.45) is 0 Å². The summed E-state index contributed by atoms with van der Waals surface area (Å²) in [5, 5.41) is 12.2. The quantitative estimate of drug-likeness (QED) is 0.574. The third-order valence-electron chi connectivity index (χ3n) is 4.64. The summed E-state index contributed by atoms with van der Waals surface area (Å²) in [6.45, 7) is 6.60. The molecule has 0 saturated heterocycles. The van der Waals surface area contributed by atoms with Crippen molar-refractivity contribution in [3.63, 3.8) is 0 Å². The van der Waals surface area contributed by atoms with Gasteiger partial charge in [-0.05, 0) is 56.0 Å². The van der Waals surface area contributed by atoms with Gasteiger partial charge in [-0.1, -0.05) is 42.1 Å². The molecule has 2 aromatic carbocycles. The third kappa shape index (κ3) is 5.17. The highest BCUT2D eigenvalue weighted by atomic mass is 32.2. The van der Waals surface area contributed by atoms with Gasteiger partial charge in [-0.2, -0.15) is 0 Å². The van der Waals surface area contributed by atoms with E-state index >= 15 is 0 Å². The molecule has 1 heterocycles. The minimum absolute atomic E-state index is 0.0296. The molecule has 1 aromatic heterocycles. The van der Waals surface area contributed by atoms with Crippen LogP contribution in [0.5, 0.6) is 5.75 Å². The molecule has 29 heavy (non-hydrogen) atoms. The van der Waals surface area contributed by atoms with Crippen LogP contribution in [-0.4, -0.2) is 40.1 Å². The Kier molecular flexibility index (Phi) is 6.93. The number of hydrogen-bond acceptors (Lipinski definition) is 5.